The molecule has 8 rings (SSSR count). The number of nitrogens with one attached hydrogen (secondary N) is 1. The van der Waals surface area contributed by atoms with Gasteiger partial charge < -0.3 is 30.7 Å². The summed E-state index contributed by atoms with van der Waals surface area (Å²) >= 11 is 1.50. The van der Waals surface area contributed by atoms with Crippen molar-refractivity contribution in [3.63, 3.8) is 0 Å². The lowest BCUT2D eigenvalue weighted by Crippen LogP contribution is -2.48. The number of para-hydroxylation sites is 1. The van der Waals surface area contributed by atoms with Gasteiger partial charge in [0.25, 0.3) is 5.56 Å². The Morgan fingerprint density at radius 2 is 1.83 bits per heavy atom. The molecule has 0 bridgehead atoms. The fourth-order valence-electron chi connectivity index (χ4n) is 7.39. The number of nitrogens with zero attached hydrogens (tertiary/aromatic N) is 7. The van der Waals surface area contributed by atoms with Crippen LogP contribution in [0.3, 0.4) is 0 Å². The van der Waals surface area contributed by atoms with Gasteiger partial charge in [-0.15, -0.1) is 11.3 Å². The monoisotopic (exact) mass is 739 g/mol. The van der Waals surface area contributed by atoms with Crippen molar-refractivity contribution in [3.8, 4) is 11.4 Å². The van der Waals surface area contributed by atoms with Crippen LogP contribution < -0.4 is 26.2 Å². The molecule has 0 radical (unpaired) electrons. The van der Waals surface area contributed by atoms with Crippen molar-refractivity contribution in [2.45, 2.75) is 31.5 Å². The molecular weight excluding hydrogens is 701 g/mol. The molecule has 2 aliphatic heterocycles. The van der Waals surface area contributed by atoms with Gasteiger partial charge in [-0.25, -0.2) is 23.4 Å². The third-order valence-corrected chi connectivity index (χ3v) is 11.0. The number of hydrogen-bond acceptors (Lipinski definition) is 11. The number of aromatic nitrogens is 5. The minimum absolute atomic E-state index is 0.0203. The van der Waals surface area contributed by atoms with E-state index in [4.69, 9.17) is 10.5 Å². The Morgan fingerprint density at radius 1 is 1.00 bits per heavy atom. The average Bonchev–Trinajstić information content (AvgIpc) is 3.82. The summed E-state index contributed by atoms with van der Waals surface area (Å²) in [7, 11) is 0. The van der Waals surface area contributed by atoms with E-state index in [1.807, 2.05) is 42.5 Å². The first kappa shape index (κ1) is 34.8. The molecular formula is C38H39F2N9O3S. The van der Waals surface area contributed by atoms with Crippen molar-refractivity contribution < 1.29 is 18.6 Å². The highest BCUT2D eigenvalue weighted by molar-refractivity contribution is 7.18. The van der Waals surface area contributed by atoms with Gasteiger partial charge in [-0.05, 0) is 80.9 Å². The molecule has 1 atom stereocenters. The van der Waals surface area contributed by atoms with Crippen LogP contribution in [0.15, 0.2) is 90.2 Å². The quantitative estimate of drug-likeness (QED) is 0.170. The van der Waals surface area contributed by atoms with Crippen LogP contribution in [0.25, 0.3) is 16.0 Å². The van der Waals surface area contributed by atoms with Crippen molar-refractivity contribution in [3.05, 3.63) is 118 Å². The molecule has 274 valence electrons. The van der Waals surface area contributed by atoms with Crippen molar-refractivity contribution in [1.29, 1.82) is 0 Å². The number of aliphatic hydroxyl groups is 1. The van der Waals surface area contributed by atoms with Crippen molar-refractivity contribution >= 4 is 38.9 Å². The van der Waals surface area contributed by atoms with Gasteiger partial charge >= 0.3 is 0 Å². The van der Waals surface area contributed by atoms with Crippen LogP contribution in [0.5, 0.6) is 5.75 Å². The largest absolute Gasteiger partial charge is 0.490 e. The number of ether oxygens (including phenoxy) is 1. The first-order chi connectivity index (χ1) is 25.7. The van der Waals surface area contributed by atoms with Gasteiger partial charge in [0.1, 0.15) is 47.1 Å². The highest BCUT2D eigenvalue weighted by Crippen LogP contribution is 2.39. The topological polar surface area (TPSA) is 140 Å². The Balaban J connectivity index is 0.932. The van der Waals surface area contributed by atoms with Crippen LogP contribution in [0.2, 0.25) is 0 Å². The summed E-state index contributed by atoms with van der Waals surface area (Å²) in [4.78, 5) is 27.9. The molecule has 53 heavy (non-hydrogen) atoms. The molecule has 0 spiro atoms. The van der Waals surface area contributed by atoms with Gasteiger partial charge in [-0.2, -0.15) is 5.10 Å². The Morgan fingerprint density at radius 3 is 2.60 bits per heavy atom. The zero-order chi connectivity index (χ0) is 36.5. The summed E-state index contributed by atoms with van der Waals surface area (Å²) in [6, 6.07) is 21.1. The number of benzene rings is 3. The SMILES string of the molecule is Nc1nc2sc(CNCC3CCN(CC(O)(Cn4cncn4)c4ccc(F)cc4F)CC3)cc2n(-c2ccc3c(c2)N(c2ccccc2)CCO3)c1=O. The number of anilines is 3. The molecule has 3 aromatic heterocycles. The van der Waals surface area contributed by atoms with Crippen LogP contribution in [0, 0.1) is 17.6 Å². The number of rotatable bonds is 11. The third-order valence-electron chi connectivity index (χ3n) is 10.0. The molecule has 12 nitrogen and oxygen atoms in total. The normalized spacial score (nSPS) is 16.4. The van der Waals surface area contributed by atoms with Gasteiger partial charge in [-0.1, -0.05) is 24.3 Å². The van der Waals surface area contributed by atoms with Gasteiger partial charge in [0.2, 0.25) is 0 Å². The van der Waals surface area contributed by atoms with E-state index in [0.717, 1.165) is 53.5 Å². The van der Waals surface area contributed by atoms with Crippen molar-refractivity contribution in [1.82, 2.24) is 34.5 Å². The summed E-state index contributed by atoms with van der Waals surface area (Å²) in [6.45, 7) is 4.17. The molecule has 1 unspecified atom stereocenters. The predicted octanol–water partition coefficient (Wildman–Crippen LogP) is 4.82. The number of nitrogens with two attached hydrogens (primary N) is 1. The van der Waals surface area contributed by atoms with Gasteiger partial charge in [0, 0.05) is 35.3 Å². The molecule has 0 amide bonds. The third kappa shape index (κ3) is 7.25. The highest BCUT2D eigenvalue weighted by Gasteiger charge is 2.36. The molecule has 1 fully saturated rings. The van der Waals surface area contributed by atoms with E-state index in [-0.39, 0.29) is 30.0 Å². The molecule has 5 heterocycles. The second-order valence-electron chi connectivity index (χ2n) is 13.6. The van der Waals surface area contributed by atoms with Crippen LogP contribution in [-0.2, 0) is 18.7 Å². The van der Waals surface area contributed by atoms with E-state index in [9.17, 15) is 18.7 Å². The molecule has 3 aromatic carbocycles. The molecule has 0 saturated carbocycles. The lowest BCUT2D eigenvalue weighted by atomic mass is 9.90. The van der Waals surface area contributed by atoms with Crippen LogP contribution in [0.4, 0.5) is 26.0 Å². The fourth-order valence-corrected chi connectivity index (χ4v) is 8.39. The summed E-state index contributed by atoms with van der Waals surface area (Å²) in [5.41, 5.74) is 7.47. The van der Waals surface area contributed by atoms with E-state index < -0.39 is 17.2 Å². The fraction of sp³-hybridized carbons (Fsp3) is 0.316. The van der Waals surface area contributed by atoms with E-state index in [2.05, 4.69) is 42.3 Å². The van der Waals surface area contributed by atoms with Crippen LogP contribution in [0.1, 0.15) is 23.3 Å². The van der Waals surface area contributed by atoms with Gasteiger partial charge in [0.15, 0.2) is 5.82 Å². The summed E-state index contributed by atoms with van der Waals surface area (Å²) in [6.07, 6.45) is 4.58. The Kier molecular flexibility index (Phi) is 9.64. The maximum Gasteiger partial charge on any atom is 0.298 e. The van der Waals surface area contributed by atoms with Crippen molar-refractivity contribution in [2.75, 3.05) is 50.0 Å². The predicted molar refractivity (Wildman–Crippen MR) is 200 cm³/mol. The number of nitrogen functional groups attached to an aromatic ring is 1. The summed E-state index contributed by atoms with van der Waals surface area (Å²) in [5.74, 6) is -0.414. The molecule has 0 aliphatic carbocycles. The molecule has 1 saturated heterocycles. The maximum absolute atomic E-state index is 14.9. The standard InChI is InChI=1S/C38H39F2N9O3S/c39-26-6-8-30(31(40)16-26)38(51,22-47-24-43-23-44-47)21-46-12-10-25(11-13-46)19-42-20-29-18-33-36(53-29)45-35(41)37(50)49(33)28-7-9-34-32(17-28)48(14-15-52-34)27-4-2-1-3-5-27/h1-9,16-18,23-25,42,51H,10-15,19-22H2,(H2,41,45). The highest BCUT2D eigenvalue weighted by atomic mass is 32.1. The smallest absolute Gasteiger partial charge is 0.298 e. The van der Waals surface area contributed by atoms with E-state index in [1.54, 1.807) is 4.57 Å². The first-order valence-electron chi connectivity index (χ1n) is 17.6. The molecule has 4 N–H and O–H groups in total. The second kappa shape index (κ2) is 14.7. The minimum Gasteiger partial charge on any atom is -0.490 e. The first-order valence-corrected chi connectivity index (χ1v) is 18.4. The van der Waals surface area contributed by atoms with Crippen LogP contribution in [-0.4, -0.2) is 73.7 Å². The van der Waals surface area contributed by atoms with Crippen molar-refractivity contribution in [2.24, 2.45) is 5.92 Å². The second-order valence-corrected chi connectivity index (χ2v) is 14.7. The number of piperidine rings is 1. The number of hydrogen-bond donors (Lipinski definition) is 3. The summed E-state index contributed by atoms with van der Waals surface area (Å²) < 4.78 is 37.7. The number of fused-ring (bicyclic) bond motifs is 2. The molecule has 6 aromatic rings. The Bertz CT molecular complexity index is 2280. The maximum atomic E-state index is 14.9. The lowest BCUT2D eigenvalue weighted by Gasteiger charge is -2.38. The molecule has 15 heteroatoms. The number of halogens is 2. The number of β-amino-alcohol motifs (C(OH)–C–C–N with tert-alkyl or cyclic N) is 1. The lowest BCUT2D eigenvalue weighted by molar-refractivity contribution is -0.0286. The average molecular weight is 740 g/mol. The zero-order valence-corrected chi connectivity index (χ0v) is 29.7. The van der Waals surface area contributed by atoms with E-state index in [0.29, 0.717) is 54.7 Å². The Hall–Kier alpha value is -5.22. The van der Waals surface area contributed by atoms with Gasteiger partial charge in [0.05, 0.1) is 30.0 Å². The zero-order valence-electron chi connectivity index (χ0n) is 28.9. The van der Waals surface area contributed by atoms with E-state index >= 15 is 0 Å². The number of thiophene rings is 1. The van der Waals surface area contributed by atoms with E-state index in [1.165, 1.54) is 34.7 Å². The number of likely N-dealkylation sites (tertiary alicyclic amines) is 1. The van der Waals surface area contributed by atoms with Gasteiger partial charge in [-0.3, -0.25) is 9.36 Å². The Labute approximate surface area is 308 Å². The summed E-state index contributed by atoms with van der Waals surface area (Å²) in [5, 5.41) is 19.4. The van der Waals surface area contributed by atoms with Crippen LogP contribution >= 0.6 is 11.3 Å². The molecule has 2 aliphatic rings. The minimum atomic E-state index is -1.63.